The van der Waals surface area contributed by atoms with E-state index in [4.69, 9.17) is 10.5 Å². The Balaban J connectivity index is 1.30. The number of sulfonamides is 1. The van der Waals surface area contributed by atoms with Crippen LogP contribution in [-0.2, 0) is 26.0 Å². The zero-order valence-corrected chi connectivity index (χ0v) is 30.1. The summed E-state index contributed by atoms with van der Waals surface area (Å²) in [6.07, 6.45) is 17.6. The fourth-order valence-electron chi connectivity index (χ4n) is 7.94. The fourth-order valence-corrected chi connectivity index (χ4v) is 9.33. The molecule has 1 atom stereocenters. The summed E-state index contributed by atoms with van der Waals surface area (Å²) in [5, 5.41) is 0. The summed E-state index contributed by atoms with van der Waals surface area (Å²) in [5.74, 6) is -0.722. The number of hydrogen-bond donors (Lipinski definition) is 2. The van der Waals surface area contributed by atoms with Gasteiger partial charge in [-0.25, -0.2) is 22.8 Å². The number of benzene rings is 1. The third-order valence-corrected chi connectivity index (χ3v) is 12.2. The lowest BCUT2D eigenvalue weighted by molar-refractivity contribution is -0.129. The number of halogens is 1. The predicted octanol–water partition coefficient (Wildman–Crippen LogP) is 5.74. The van der Waals surface area contributed by atoms with Crippen molar-refractivity contribution in [1.29, 1.82) is 0 Å². The van der Waals surface area contributed by atoms with Crippen LogP contribution in [-0.4, -0.2) is 81.4 Å². The van der Waals surface area contributed by atoms with Gasteiger partial charge in [0.15, 0.2) is 5.78 Å². The van der Waals surface area contributed by atoms with Gasteiger partial charge in [0.2, 0.25) is 10.0 Å². The number of aliphatic imine (C=N–C) groups is 1. The SMILES string of the molecule is CN=C(c1ccc(NS(=O)(=O)CC2=CC=CCC2(C)C(=O)COC)c(F)c1)c1c(N)ncnc1CC1CCC2(CCCN(C)CCC2)CC1. The smallest absolute Gasteiger partial charge is 0.236 e. The first-order valence-corrected chi connectivity index (χ1v) is 19.0. The minimum absolute atomic E-state index is 0.134. The van der Waals surface area contributed by atoms with E-state index in [1.54, 1.807) is 32.2 Å². The highest BCUT2D eigenvalue weighted by Gasteiger charge is 2.39. The van der Waals surface area contributed by atoms with Crippen LogP contribution in [0, 0.1) is 22.6 Å². The van der Waals surface area contributed by atoms with Crippen LogP contribution in [0.3, 0.4) is 0 Å². The zero-order chi connectivity index (χ0) is 35.2. The van der Waals surface area contributed by atoms with Gasteiger partial charge in [0.25, 0.3) is 0 Å². The Hall–Kier alpha value is -3.48. The highest BCUT2D eigenvalue weighted by Crippen LogP contribution is 2.47. The van der Waals surface area contributed by atoms with Gasteiger partial charge in [-0.2, -0.15) is 0 Å². The Morgan fingerprint density at radius 2 is 1.88 bits per heavy atom. The molecule has 2 aliphatic carbocycles. The molecule has 1 spiro atoms. The van der Waals surface area contributed by atoms with Crippen molar-refractivity contribution < 1.29 is 22.3 Å². The Morgan fingerprint density at radius 1 is 1.16 bits per heavy atom. The molecule has 1 saturated heterocycles. The van der Waals surface area contributed by atoms with Crippen LogP contribution in [0.15, 0.2) is 53.3 Å². The van der Waals surface area contributed by atoms with Gasteiger partial charge >= 0.3 is 0 Å². The number of Topliss-reactive ketones (excluding diaryl/α,β-unsaturated/α-hetero) is 1. The van der Waals surface area contributed by atoms with E-state index in [1.165, 1.54) is 77.2 Å². The van der Waals surface area contributed by atoms with Gasteiger partial charge in [-0.15, -0.1) is 0 Å². The van der Waals surface area contributed by atoms with Gasteiger partial charge < -0.3 is 15.4 Å². The molecule has 3 aliphatic rings. The number of ether oxygens (including phenoxy) is 1. The van der Waals surface area contributed by atoms with Crippen molar-refractivity contribution in [3.05, 3.63) is 71.0 Å². The van der Waals surface area contributed by atoms with E-state index in [0.29, 0.717) is 40.2 Å². The second-order valence-electron chi connectivity index (χ2n) is 14.4. The van der Waals surface area contributed by atoms with E-state index >= 15 is 4.39 Å². The molecule has 3 N–H and O–H groups in total. The number of allylic oxidation sites excluding steroid dienone is 3. The average molecular weight is 695 g/mol. The summed E-state index contributed by atoms with van der Waals surface area (Å²) in [5.41, 5.74) is 8.33. The molecule has 0 amide bonds. The van der Waals surface area contributed by atoms with Gasteiger partial charge in [0.1, 0.15) is 24.6 Å². The van der Waals surface area contributed by atoms with E-state index in [0.717, 1.165) is 25.0 Å². The lowest BCUT2D eigenvalue weighted by Crippen LogP contribution is -2.37. The first-order chi connectivity index (χ1) is 23.4. The van der Waals surface area contributed by atoms with Crippen LogP contribution >= 0.6 is 0 Å². The maximum Gasteiger partial charge on any atom is 0.236 e. The van der Waals surface area contributed by atoms with Crippen molar-refractivity contribution in [2.75, 3.05) is 57.1 Å². The number of nitrogen functional groups attached to an aromatic ring is 1. The molecule has 0 bridgehead atoms. The number of ketones is 1. The minimum Gasteiger partial charge on any atom is -0.383 e. The summed E-state index contributed by atoms with van der Waals surface area (Å²) >= 11 is 0. The fraction of sp³-hybridized carbons (Fsp3) is 0.568. The van der Waals surface area contributed by atoms with Crippen LogP contribution in [0.25, 0.3) is 0 Å². The molecule has 5 rings (SSSR count). The highest BCUT2D eigenvalue weighted by molar-refractivity contribution is 7.92. The Kier molecular flexibility index (Phi) is 11.7. The van der Waals surface area contributed by atoms with Crippen LogP contribution < -0.4 is 10.5 Å². The van der Waals surface area contributed by atoms with E-state index < -0.39 is 27.0 Å². The number of methoxy groups -OCH3 is 1. The number of nitrogens with one attached hydrogen (secondary N) is 1. The lowest BCUT2D eigenvalue weighted by Gasteiger charge is -2.42. The number of rotatable bonds is 11. The summed E-state index contributed by atoms with van der Waals surface area (Å²) in [6.45, 7) is 3.92. The van der Waals surface area contributed by atoms with Gasteiger partial charge in [-0.05, 0) is 120 Å². The average Bonchev–Trinajstić information content (AvgIpc) is 3.05. The number of likely N-dealkylation sites (tertiary alicyclic amines) is 1. The predicted molar refractivity (Wildman–Crippen MR) is 193 cm³/mol. The second-order valence-corrected chi connectivity index (χ2v) is 16.1. The number of hydrogen-bond acceptors (Lipinski definition) is 9. The summed E-state index contributed by atoms with van der Waals surface area (Å²) in [7, 11) is 1.19. The van der Waals surface area contributed by atoms with E-state index in [2.05, 4.69) is 31.6 Å². The number of nitrogens with zero attached hydrogens (tertiary/aromatic N) is 4. The maximum absolute atomic E-state index is 15.6. The first-order valence-electron chi connectivity index (χ1n) is 17.3. The minimum atomic E-state index is -4.07. The quantitative estimate of drug-likeness (QED) is 0.284. The maximum atomic E-state index is 15.6. The van der Waals surface area contributed by atoms with Gasteiger partial charge in [0, 0.05) is 19.7 Å². The molecule has 1 unspecified atom stereocenters. The standard InChI is InChI=1S/C37H51FN6O4S/c1-36(32(45)23-48-4)14-6-5-9-28(36)24-49(46,47)43-30-11-10-27(22-29(30)38)34(40-2)33-31(41-25-42-35(33)39)21-26-12-17-37(18-13-26)15-7-19-44(3)20-8-16-37/h5-6,9-11,22,25-26,43H,7-8,12-21,23-24H2,1-4H3,(H2,39,41,42). The molecule has 1 aliphatic heterocycles. The van der Waals surface area contributed by atoms with Crippen molar-refractivity contribution in [2.45, 2.75) is 71.1 Å². The zero-order valence-electron chi connectivity index (χ0n) is 29.3. The third kappa shape index (κ3) is 8.64. The first kappa shape index (κ1) is 36.8. The Bertz CT molecular complexity index is 1700. The van der Waals surface area contributed by atoms with Crippen LogP contribution in [0.1, 0.15) is 81.5 Å². The molecule has 49 heavy (non-hydrogen) atoms. The molecule has 1 aromatic carbocycles. The lowest BCUT2D eigenvalue weighted by atomic mass is 9.64. The van der Waals surface area contributed by atoms with Crippen LogP contribution in [0.5, 0.6) is 0 Å². The molecule has 2 heterocycles. The van der Waals surface area contributed by atoms with E-state index in [9.17, 15) is 13.2 Å². The largest absolute Gasteiger partial charge is 0.383 e. The number of carbonyl (C=O) groups excluding carboxylic acids is 1. The van der Waals surface area contributed by atoms with E-state index in [1.807, 2.05) is 6.08 Å². The van der Waals surface area contributed by atoms with E-state index in [-0.39, 0.29) is 23.9 Å². The van der Waals surface area contributed by atoms with Crippen LogP contribution in [0.4, 0.5) is 15.9 Å². The molecule has 1 aromatic heterocycles. The number of anilines is 2. The number of aromatic nitrogens is 2. The molecule has 2 aromatic rings. The summed E-state index contributed by atoms with van der Waals surface area (Å²) in [4.78, 5) is 28.7. The van der Waals surface area contributed by atoms with Crippen molar-refractivity contribution in [2.24, 2.45) is 21.7 Å². The molecule has 2 fully saturated rings. The number of carbonyl (C=O) groups is 1. The third-order valence-electron chi connectivity index (χ3n) is 11.0. The Labute approximate surface area is 290 Å². The Morgan fingerprint density at radius 3 is 2.53 bits per heavy atom. The molecule has 10 nitrogen and oxygen atoms in total. The normalized spacial score (nSPS) is 22.4. The molecule has 266 valence electrons. The summed E-state index contributed by atoms with van der Waals surface area (Å²) < 4.78 is 49.6. The monoisotopic (exact) mass is 694 g/mol. The van der Waals surface area contributed by atoms with Gasteiger partial charge in [-0.3, -0.25) is 14.5 Å². The van der Waals surface area contributed by atoms with Gasteiger partial charge in [0.05, 0.1) is 33.8 Å². The molecular formula is C37H51FN6O4S. The summed E-state index contributed by atoms with van der Waals surface area (Å²) in [6, 6.07) is 4.25. The molecular weight excluding hydrogens is 644 g/mol. The van der Waals surface area contributed by atoms with Crippen molar-refractivity contribution in [3.63, 3.8) is 0 Å². The van der Waals surface area contributed by atoms with Crippen molar-refractivity contribution >= 4 is 33.0 Å². The number of nitrogens with two attached hydrogens (primary N) is 1. The second kappa shape index (κ2) is 15.6. The highest BCUT2D eigenvalue weighted by atomic mass is 32.2. The van der Waals surface area contributed by atoms with Crippen LogP contribution in [0.2, 0.25) is 0 Å². The molecule has 0 radical (unpaired) electrons. The van der Waals surface area contributed by atoms with Gasteiger partial charge in [-0.1, -0.05) is 24.3 Å². The van der Waals surface area contributed by atoms with Crippen molar-refractivity contribution in [1.82, 2.24) is 14.9 Å². The molecule has 12 heteroatoms. The molecule has 1 saturated carbocycles. The topological polar surface area (TPSA) is 140 Å². The van der Waals surface area contributed by atoms with Crippen molar-refractivity contribution in [3.8, 4) is 0 Å².